The van der Waals surface area contributed by atoms with Crippen LogP contribution >= 0.6 is 11.6 Å². The molecule has 4 aromatic rings. The van der Waals surface area contributed by atoms with Crippen molar-refractivity contribution in [3.63, 3.8) is 0 Å². The summed E-state index contributed by atoms with van der Waals surface area (Å²) >= 11 is 6.28. The van der Waals surface area contributed by atoms with E-state index in [1.54, 1.807) is 6.20 Å². The SMILES string of the molecule is NCC1CCCC(CNc2nc(/C=C/c3ccc(-c4cccnc4)cc3)nc3cc(Cl)ccc23)C1. The van der Waals surface area contributed by atoms with Crippen molar-refractivity contribution in [2.75, 3.05) is 18.4 Å². The van der Waals surface area contributed by atoms with Crippen molar-refractivity contribution in [1.29, 1.82) is 0 Å². The summed E-state index contributed by atoms with van der Waals surface area (Å²) in [6.07, 6.45) is 12.6. The maximum Gasteiger partial charge on any atom is 0.154 e. The topological polar surface area (TPSA) is 76.7 Å². The van der Waals surface area contributed by atoms with Crippen LogP contribution in [0.3, 0.4) is 0 Å². The normalized spacial score (nSPS) is 18.2. The van der Waals surface area contributed by atoms with Crippen LogP contribution in [0.5, 0.6) is 0 Å². The Morgan fingerprint density at radius 2 is 1.83 bits per heavy atom. The number of hydrogen-bond acceptors (Lipinski definition) is 5. The largest absolute Gasteiger partial charge is 0.369 e. The molecule has 0 saturated heterocycles. The Balaban J connectivity index is 1.36. The van der Waals surface area contributed by atoms with Crippen LogP contribution in [0.15, 0.2) is 67.0 Å². The lowest BCUT2D eigenvalue weighted by atomic mass is 9.81. The van der Waals surface area contributed by atoms with Crippen molar-refractivity contribution < 1.29 is 0 Å². The number of nitrogens with two attached hydrogens (primary N) is 1. The predicted molar refractivity (Wildman–Crippen MR) is 146 cm³/mol. The number of halogens is 1. The van der Waals surface area contributed by atoms with Gasteiger partial charge in [0, 0.05) is 29.3 Å². The van der Waals surface area contributed by atoms with Crippen molar-refractivity contribution in [2.45, 2.75) is 25.7 Å². The molecule has 1 saturated carbocycles. The molecule has 2 aromatic carbocycles. The average molecular weight is 484 g/mol. The van der Waals surface area contributed by atoms with Crippen LogP contribution in [-0.4, -0.2) is 28.0 Å². The maximum atomic E-state index is 6.28. The first kappa shape index (κ1) is 23.5. The Hall–Kier alpha value is -3.28. The number of nitrogens with one attached hydrogen (secondary N) is 1. The van der Waals surface area contributed by atoms with E-state index in [0.29, 0.717) is 22.7 Å². The summed E-state index contributed by atoms with van der Waals surface area (Å²) in [5.41, 5.74) is 10.1. The van der Waals surface area contributed by atoms with Crippen molar-refractivity contribution >= 4 is 40.5 Å². The lowest BCUT2D eigenvalue weighted by molar-refractivity contribution is 0.281. The summed E-state index contributed by atoms with van der Waals surface area (Å²) in [4.78, 5) is 13.8. The molecule has 2 aromatic heterocycles. The van der Waals surface area contributed by atoms with Gasteiger partial charge in [-0.1, -0.05) is 54.4 Å². The summed E-state index contributed by atoms with van der Waals surface area (Å²) in [5, 5.41) is 5.26. The summed E-state index contributed by atoms with van der Waals surface area (Å²) in [6, 6.07) is 18.2. The van der Waals surface area contributed by atoms with E-state index in [0.717, 1.165) is 46.5 Å². The molecular formula is C29H30ClN5. The van der Waals surface area contributed by atoms with Crippen LogP contribution in [0.25, 0.3) is 34.2 Å². The van der Waals surface area contributed by atoms with E-state index in [1.165, 1.54) is 25.7 Å². The number of pyridine rings is 1. The molecule has 5 rings (SSSR count). The van der Waals surface area contributed by atoms with Gasteiger partial charge in [0.25, 0.3) is 0 Å². The Morgan fingerprint density at radius 1 is 0.971 bits per heavy atom. The standard InChI is InChI=1S/C29H30ClN5/c30-25-11-12-26-27(16-25)34-28(35-29(26)33-18-22-4-1-3-21(15-22)17-31)13-8-20-6-9-23(10-7-20)24-5-2-14-32-19-24/h2,5-14,16,19,21-22H,1,3-4,15,17-18,31H2,(H,33,34,35)/b13-8+. The lowest BCUT2D eigenvalue weighted by Gasteiger charge is -2.28. The van der Waals surface area contributed by atoms with Crippen LogP contribution in [0.2, 0.25) is 5.02 Å². The third-order valence-corrected chi connectivity index (χ3v) is 7.02. The molecule has 0 bridgehead atoms. The van der Waals surface area contributed by atoms with Gasteiger partial charge in [-0.2, -0.15) is 0 Å². The molecule has 2 unspecified atom stereocenters. The highest BCUT2D eigenvalue weighted by Gasteiger charge is 2.21. The minimum Gasteiger partial charge on any atom is -0.369 e. The number of aromatic nitrogens is 3. The number of rotatable bonds is 7. The molecule has 0 spiro atoms. The van der Waals surface area contributed by atoms with Gasteiger partial charge < -0.3 is 11.1 Å². The number of anilines is 1. The highest BCUT2D eigenvalue weighted by molar-refractivity contribution is 6.31. The van der Waals surface area contributed by atoms with Crippen LogP contribution < -0.4 is 11.1 Å². The van der Waals surface area contributed by atoms with Crippen LogP contribution in [-0.2, 0) is 0 Å². The van der Waals surface area contributed by atoms with E-state index < -0.39 is 0 Å². The number of fused-ring (bicyclic) bond motifs is 1. The van der Waals surface area contributed by atoms with E-state index in [2.05, 4.69) is 40.6 Å². The van der Waals surface area contributed by atoms with Gasteiger partial charge in [-0.25, -0.2) is 9.97 Å². The first-order chi connectivity index (χ1) is 17.2. The zero-order chi connectivity index (χ0) is 24.0. The molecule has 1 aliphatic rings. The lowest BCUT2D eigenvalue weighted by Crippen LogP contribution is -2.26. The molecule has 0 radical (unpaired) electrons. The molecule has 1 fully saturated rings. The average Bonchev–Trinajstić information content (AvgIpc) is 2.91. The Kier molecular flexibility index (Phi) is 7.36. The first-order valence-corrected chi connectivity index (χ1v) is 12.7. The van der Waals surface area contributed by atoms with Crippen LogP contribution in [0.1, 0.15) is 37.1 Å². The highest BCUT2D eigenvalue weighted by atomic mass is 35.5. The molecule has 6 heteroatoms. The Labute approximate surface area is 211 Å². The molecule has 2 heterocycles. The molecule has 178 valence electrons. The fraction of sp³-hybridized carbons (Fsp3) is 0.276. The van der Waals surface area contributed by atoms with Gasteiger partial charge >= 0.3 is 0 Å². The van der Waals surface area contributed by atoms with Crippen LogP contribution in [0.4, 0.5) is 5.82 Å². The summed E-state index contributed by atoms with van der Waals surface area (Å²) in [7, 11) is 0. The third kappa shape index (κ3) is 5.87. The summed E-state index contributed by atoms with van der Waals surface area (Å²) in [5.74, 6) is 2.77. The Bertz CT molecular complexity index is 1300. The van der Waals surface area contributed by atoms with Crippen molar-refractivity contribution in [2.24, 2.45) is 17.6 Å². The second kappa shape index (κ2) is 11.0. The molecule has 2 atom stereocenters. The van der Waals surface area contributed by atoms with E-state index >= 15 is 0 Å². The van der Waals surface area contributed by atoms with Gasteiger partial charge in [-0.15, -0.1) is 0 Å². The maximum absolute atomic E-state index is 6.28. The quantitative estimate of drug-likeness (QED) is 0.306. The van der Waals surface area contributed by atoms with E-state index in [4.69, 9.17) is 27.3 Å². The van der Waals surface area contributed by atoms with Gasteiger partial charge in [-0.05, 0) is 84.7 Å². The van der Waals surface area contributed by atoms with Crippen LogP contribution in [0, 0.1) is 11.8 Å². The van der Waals surface area contributed by atoms with Gasteiger partial charge in [0.05, 0.1) is 5.52 Å². The molecule has 3 N–H and O–H groups in total. The van der Waals surface area contributed by atoms with E-state index in [9.17, 15) is 0 Å². The highest BCUT2D eigenvalue weighted by Crippen LogP contribution is 2.30. The van der Waals surface area contributed by atoms with Gasteiger partial charge in [0.1, 0.15) is 5.82 Å². The smallest absolute Gasteiger partial charge is 0.154 e. The zero-order valence-corrected chi connectivity index (χ0v) is 20.5. The molecule has 1 aliphatic carbocycles. The fourth-order valence-electron chi connectivity index (χ4n) is 4.86. The third-order valence-electron chi connectivity index (χ3n) is 6.79. The number of nitrogens with zero attached hydrogens (tertiary/aromatic N) is 3. The fourth-order valence-corrected chi connectivity index (χ4v) is 5.03. The molecule has 5 nitrogen and oxygen atoms in total. The minimum atomic E-state index is 0.618. The van der Waals surface area contributed by atoms with Gasteiger partial charge in [0.2, 0.25) is 0 Å². The van der Waals surface area contributed by atoms with Crippen molar-refractivity contribution in [3.8, 4) is 11.1 Å². The molecule has 0 amide bonds. The summed E-state index contributed by atoms with van der Waals surface area (Å²) in [6.45, 7) is 1.67. The number of hydrogen-bond donors (Lipinski definition) is 2. The second-order valence-electron chi connectivity index (χ2n) is 9.30. The predicted octanol–water partition coefficient (Wildman–Crippen LogP) is 6.69. The monoisotopic (exact) mass is 483 g/mol. The molecular weight excluding hydrogens is 454 g/mol. The van der Waals surface area contributed by atoms with E-state index in [1.807, 2.05) is 42.6 Å². The molecule has 0 aliphatic heterocycles. The number of benzene rings is 2. The molecule has 35 heavy (non-hydrogen) atoms. The van der Waals surface area contributed by atoms with E-state index in [-0.39, 0.29) is 0 Å². The van der Waals surface area contributed by atoms with Crippen molar-refractivity contribution in [3.05, 3.63) is 83.4 Å². The second-order valence-corrected chi connectivity index (χ2v) is 9.74. The van der Waals surface area contributed by atoms with Gasteiger partial charge in [-0.3, -0.25) is 4.98 Å². The summed E-state index contributed by atoms with van der Waals surface area (Å²) < 4.78 is 0. The zero-order valence-electron chi connectivity index (χ0n) is 19.7. The Morgan fingerprint density at radius 3 is 2.63 bits per heavy atom. The van der Waals surface area contributed by atoms with Crippen molar-refractivity contribution in [1.82, 2.24) is 15.0 Å². The minimum absolute atomic E-state index is 0.618. The first-order valence-electron chi connectivity index (χ1n) is 12.3. The van der Waals surface area contributed by atoms with Gasteiger partial charge in [0.15, 0.2) is 5.82 Å².